The maximum absolute atomic E-state index is 13.1. The number of hydrogen-bond acceptors (Lipinski definition) is 5. The summed E-state index contributed by atoms with van der Waals surface area (Å²) in [5.74, 6) is 0.699. The lowest BCUT2D eigenvalue weighted by Gasteiger charge is -2.33. The second-order valence-corrected chi connectivity index (χ2v) is 10.2. The molecule has 33 heavy (non-hydrogen) atoms. The van der Waals surface area contributed by atoms with Gasteiger partial charge in [-0.2, -0.15) is 0 Å². The third-order valence-electron chi connectivity index (χ3n) is 6.30. The zero-order chi connectivity index (χ0) is 22.9. The van der Waals surface area contributed by atoms with Gasteiger partial charge >= 0.3 is 0 Å². The highest BCUT2D eigenvalue weighted by Crippen LogP contribution is 2.35. The molecule has 170 valence electrons. The summed E-state index contributed by atoms with van der Waals surface area (Å²) in [7, 11) is 0. The second-order valence-electron chi connectivity index (χ2n) is 8.51. The van der Waals surface area contributed by atoms with E-state index in [2.05, 4.69) is 6.92 Å². The number of likely N-dealkylation sites (tertiary alicyclic amines) is 1. The Morgan fingerprint density at radius 1 is 1.24 bits per heavy atom. The lowest BCUT2D eigenvalue weighted by molar-refractivity contribution is -0.135. The van der Waals surface area contributed by atoms with Gasteiger partial charge in [0, 0.05) is 35.2 Å². The van der Waals surface area contributed by atoms with Crippen LogP contribution in [0.5, 0.6) is 0 Å². The van der Waals surface area contributed by atoms with Crippen LogP contribution in [-0.4, -0.2) is 43.1 Å². The minimum absolute atomic E-state index is 0.128. The highest BCUT2D eigenvalue weighted by molar-refractivity contribution is 8.26. The Hall–Kier alpha value is -2.84. The first-order chi connectivity index (χ1) is 16.0. The van der Waals surface area contributed by atoms with E-state index >= 15 is 0 Å². The van der Waals surface area contributed by atoms with Gasteiger partial charge in [0.2, 0.25) is 5.91 Å². The van der Waals surface area contributed by atoms with Crippen LogP contribution in [0.1, 0.15) is 37.5 Å². The monoisotopic (exact) mass is 479 g/mol. The summed E-state index contributed by atoms with van der Waals surface area (Å²) in [5, 5.41) is 1.01. The van der Waals surface area contributed by atoms with Crippen molar-refractivity contribution in [3.8, 4) is 0 Å². The first kappa shape index (κ1) is 22.0. The fourth-order valence-electron chi connectivity index (χ4n) is 4.56. The van der Waals surface area contributed by atoms with Crippen LogP contribution < -0.4 is 0 Å². The molecule has 5 rings (SSSR count). The van der Waals surface area contributed by atoms with E-state index in [0.29, 0.717) is 21.5 Å². The largest absolute Gasteiger partial charge is 0.467 e. The molecule has 0 N–H and O–H groups in total. The molecule has 2 amide bonds. The highest BCUT2D eigenvalue weighted by Gasteiger charge is 2.33. The molecular weight excluding hydrogens is 454 g/mol. The number of nitrogens with zero attached hydrogens (tertiary/aromatic N) is 3. The number of carbonyl (C=O) groups excluding carboxylic acids is 2. The Balaban J connectivity index is 1.42. The molecule has 4 heterocycles. The number of benzene rings is 1. The molecule has 2 aliphatic rings. The van der Waals surface area contributed by atoms with Crippen molar-refractivity contribution >= 4 is 57.1 Å². The van der Waals surface area contributed by atoms with Crippen LogP contribution in [0.25, 0.3) is 17.0 Å². The van der Waals surface area contributed by atoms with Crippen molar-refractivity contribution in [3.63, 3.8) is 0 Å². The molecule has 8 heteroatoms. The van der Waals surface area contributed by atoms with E-state index in [1.165, 1.54) is 18.2 Å². The van der Waals surface area contributed by atoms with Crippen LogP contribution in [0.2, 0.25) is 0 Å². The Morgan fingerprint density at radius 3 is 2.88 bits per heavy atom. The molecule has 0 radical (unpaired) electrons. The Kier molecular flexibility index (Phi) is 6.12. The zero-order valence-corrected chi connectivity index (χ0v) is 20.0. The van der Waals surface area contributed by atoms with Crippen molar-refractivity contribution in [1.82, 2.24) is 14.4 Å². The van der Waals surface area contributed by atoms with Gasteiger partial charge in [0.25, 0.3) is 5.91 Å². The van der Waals surface area contributed by atoms with Crippen molar-refractivity contribution in [2.45, 2.75) is 45.3 Å². The van der Waals surface area contributed by atoms with Crippen molar-refractivity contribution in [1.29, 1.82) is 0 Å². The fourth-order valence-corrected chi connectivity index (χ4v) is 5.81. The van der Waals surface area contributed by atoms with E-state index in [1.54, 1.807) is 17.2 Å². The van der Waals surface area contributed by atoms with E-state index in [-0.39, 0.29) is 24.4 Å². The first-order valence-corrected chi connectivity index (χ1v) is 12.4. The van der Waals surface area contributed by atoms with E-state index < -0.39 is 0 Å². The standard InChI is InChI=1S/C25H25N3O3S2/c1-17-7-4-5-11-27(17)23(29)16-26-14-18(20-9-2-3-10-21(20)26)13-22-24(30)28(25(32)33-22)15-19-8-6-12-31-19/h2-3,6,8-10,12-14,17H,4-5,7,11,15-16H2,1H3/b22-13-/t17-/m1/s1. The molecule has 2 aliphatic heterocycles. The molecule has 0 unspecified atom stereocenters. The van der Waals surface area contributed by atoms with Crippen LogP contribution >= 0.6 is 24.0 Å². The van der Waals surface area contributed by atoms with Crippen LogP contribution in [0.4, 0.5) is 0 Å². The van der Waals surface area contributed by atoms with E-state index in [9.17, 15) is 9.59 Å². The number of fused-ring (bicyclic) bond motifs is 1. The Labute approximate surface area is 202 Å². The minimum Gasteiger partial charge on any atom is -0.467 e. The summed E-state index contributed by atoms with van der Waals surface area (Å²) in [4.78, 5) is 30.2. The number of aromatic nitrogens is 1. The number of piperidine rings is 1. The predicted molar refractivity (Wildman–Crippen MR) is 134 cm³/mol. The maximum atomic E-state index is 13.1. The third-order valence-corrected chi connectivity index (χ3v) is 7.68. The van der Waals surface area contributed by atoms with Gasteiger partial charge in [-0.05, 0) is 50.5 Å². The Bertz CT molecular complexity index is 1250. The molecule has 1 atom stereocenters. The lowest BCUT2D eigenvalue weighted by atomic mass is 10.0. The van der Waals surface area contributed by atoms with Gasteiger partial charge in [-0.3, -0.25) is 14.5 Å². The van der Waals surface area contributed by atoms with Crippen molar-refractivity contribution in [2.75, 3.05) is 6.54 Å². The van der Waals surface area contributed by atoms with Gasteiger partial charge in [0.05, 0.1) is 17.7 Å². The quantitative estimate of drug-likeness (QED) is 0.379. The Morgan fingerprint density at radius 2 is 2.09 bits per heavy atom. The van der Waals surface area contributed by atoms with Gasteiger partial charge in [0.15, 0.2) is 0 Å². The van der Waals surface area contributed by atoms with Crippen molar-refractivity contribution in [2.24, 2.45) is 0 Å². The first-order valence-electron chi connectivity index (χ1n) is 11.2. The van der Waals surface area contributed by atoms with Crippen LogP contribution in [0.3, 0.4) is 0 Å². The van der Waals surface area contributed by atoms with Crippen molar-refractivity contribution < 1.29 is 14.0 Å². The SMILES string of the molecule is C[C@@H]1CCCCN1C(=O)Cn1cc(/C=C2\SC(=S)N(Cc3ccco3)C2=O)c2ccccc21. The number of furan rings is 1. The van der Waals surface area contributed by atoms with E-state index in [0.717, 1.165) is 35.9 Å². The van der Waals surface area contributed by atoms with Crippen LogP contribution in [0, 0.1) is 0 Å². The smallest absolute Gasteiger partial charge is 0.266 e. The summed E-state index contributed by atoms with van der Waals surface area (Å²) in [5.41, 5.74) is 1.89. The summed E-state index contributed by atoms with van der Waals surface area (Å²) in [6.07, 6.45) is 8.74. The number of rotatable bonds is 5. The normalized spacial score (nSPS) is 20.4. The number of para-hydroxylation sites is 1. The van der Waals surface area contributed by atoms with Gasteiger partial charge in [-0.1, -0.05) is 42.2 Å². The molecule has 3 aromatic rings. The molecule has 2 fully saturated rings. The molecule has 0 spiro atoms. The molecule has 0 aliphatic carbocycles. The molecule has 6 nitrogen and oxygen atoms in total. The maximum Gasteiger partial charge on any atom is 0.266 e. The van der Waals surface area contributed by atoms with Crippen LogP contribution in [0.15, 0.2) is 58.2 Å². The zero-order valence-electron chi connectivity index (χ0n) is 18.4. The highest BCUT2D eigenvalue weighted by atomic mass is 32.2. The molecule has 0 saturated carbocycles. The molecule has 2 aromatic heterocycles. The number of carbonyl (C=O) groups is 2. The molecule has 0 bridgehead atoms. The third kappa shape index (κ3) is 4.37. The molecule has 2 saturated heterocycles. The van der Waals surface area contributed by atoms with Gasteiger partial charge in [-0.25, -0.2) is 0 Å². The average molecular weight is 480 g/mol. The predicted octanol–water partition coefficient (Wildman–Crippen LogP) is 5.04. The number of thiocarbonyl (C=S) groups is 1. The van der Waals surface area contributed by atoms with Crippen LogP contribution in [-0.2, 0) is 22.7 Å². The topological polar surface area (TPSA) is 58.7 Å². The number of amides is 2. The van der Waals surface area contributed by atoms with Crippen molar-refractivity contribution in [3.05, 3.63) is 65.1 Å². The number of hydrogen-bond donors (Lipinski definition) is 0. The van der Waals surface area contributed by atoms with E-state index in [1.807, 2.05) is 52.1 Å². The number of thioether (sulfide) groups is 1. The summed E-state index contributed by atoms with van der Waals surface area (Å²) < 4.78 is 7.89. The summed E-state index contributed by atoms with van der Waals surface area (Å²) in [6, 6.07) is 11.9. The summed E-state index contributed by atoms with van der Waals surface area (Å²) in [6.45, 7) is 3.56. The second kappa shape index (κ2) is 9.19. The van der Waals surface area contributed by atoms with E-state index in [4.69, 9.17) is 16.6 Å². The van der Waals surface area contributed by atoms with Gasteiger partial charge in [-0.15, -0.1) is 0 Å². The van der Waals surface area contributed by atoms with Gasteiger partial charge in [0.1, 0.15) is 16.6 Å². The lowest BCUT2D eigenvalue weighted by Crippen LogP contribution is -2.43. The average Bonchev–Trinajstić information content (AvgIpc) is 3.51. The molecular formula is C25H25N3O3S2. The minimum atomic E-state index is -0.128. The van der Waals surface area contributed by atoms with Gasteiger partial charge < -0.3 is 13.9 Å². The molecule has 1 aromatic carbocycles. The summed E-state index contributed by atoms with van der Waals surface area (Å²) >= 11 is 6.75. The fraction of sp³-hybridized carbons (Fsp3) is 0.320.